The first-order valence-electron chi connectivity index (χ1n) is 5.99. The maximum atomic E-state index is 11.7. The summed E-state index contributed by atoms with van der Waals surface area (Å²) in [6.07, 6.45) is 2.93. The van der Waals surface area contributed by atoms with E-state index in [9.17, 15) is 9.90 Å². The second-order valence-corrected chi connectivity index (χ2v) is 5.29. The SMILES string of the molecule is CC(C)C[C@]1(C(=O)O)N[C@H](C)Cc2[nH]cnc21. The van der Waals surface area contributed by atoms with Crippen molar-refractivity contribution in [1.29, 1.82) is 0 Å². The number of carboxylic acids is 1. The molecule has 1 aliphatic heterocycles. The smallest absolute Gasteiger partial charge is 0.330 e. The molecular weight excluding hydrogens is 218 g/mol. The zero-order valence-electron chi connectivity index (χ0n) is 10.4. The summed E-state index contributed by atoms with van der Waals surface area (Å²) in [6.45, 7) is 6.05. The van der Waals surface area contributed by atoms with Crippen LogP contribution >= 0.6 is 0 Å². The first-order valence-corrected chi connectivity index (χ1v) is 5.99. The zero-order chi connectivity index (χ0) is 12.6. The van der Waals surface area contributed by atoms with Gasteiger partial charge in [0.05, 0.1) is 12.0 Å². The summed E-state index contributed by atoms with van der Waals surface area (Å²) >= 11 is 0. The van der Waals surface area contributed by atoms with Crippen molar-refractivity contribution < 1.29 is 9.90 Å². The Morgan fingerprint density at radius 1 is 1.71 bits per heavy atom. The molecule has 3 N–H and O–H groups in total. The lowest BCUT2D eigenvalue weighted by Crippen LogP contribution is -2.57. The number of H-pyrrole nitrogens is 1. The molecule has 2 heterocycles. The molecule has 0 saturated heterocycles. The van der Waals surface area contributed by atoms with Crippen LogP contribution in [0.25, 0.3) is 0 Å². The number of carboxylic acid groups (broad SMARTS) is 1. The number of aromatic nitrogens is 2. The second kappa shape index (κ2) is 4.14. The molecule has 0 bridgehead atoms. The van der Waals surface area contributed by atoms with Crippen LogP contribution in [0.4, 0.5) is 0 Å². The number of aliphatic carboxylic acids is 1. The van der Waals surface area contributed by atoms with Crippen LogP contribution in [0, 0.1) is 5.92 Å². The maximum absolute atomic E-state index is 11.7. The molecule has 1 aromatic rings. The van der Waals surface area contributed by atoms with Crippen LogP contribution in [0.5, 0.6) is 0 Å². The number of fused-ring (bicyclic) bond motifs is 1. The second-order valence-electron chi connectivity index (χ2n) is 5.29. The lowest BCUT2D eigenvalue weighted by Gasteiger charge is -2.38. The summed E-state index contributed by atoms with van der Waals surface area (Å²) < 4.78 is 0. The summed E-state index contributed by atoms with van der Waals surface area (Å²) in [5, 5.41) is 12.8. The van der Waals surface area contributed by atoms with Crippen molar-refractivity contribution in [3.05, 3.63) is 17.7 Å². The van der Waals surface area contributed by atoms with Gasteiger partial charge in [-0.2, -0.15) is 0 Å². The van der Waals surface area contributed by atoms with E-state index in [0.717, 1.165) is 12.1 Å². The minimum atomic E-state index is -1.04. The van der Waals surface area contributed by atoms with Crippen molar-refractivity contribution in [2.45, 2.75) is 45.2 Å². The fraction of sp³-hybridized carbons (Fsp3) is 0.667. The zero-order valence-corrected chi connectivity index (χ0v) is 10.4. The van der Waals surface area contributed by atoms with Gasteiger partial charge in [0.2, 0.25) is 0 Å². The fourth-order valence-corrected chi connectivity index (χ4v) is 2.71. The van der Waals surface area contributed by atoms with Crippen molar-refractivity contribution in [2.24, 2.45) is 5.92 Å². The van der Waals surface area contributed by atoms with Gasteiger partial charge in [0.25, 0.3) is 0 Å². The molecular formula is C12H19N3O2. The van der Waals surface area contributed by atoms with Crippen LogP contribution in [-0.2, 0) is 16.8 Å². The molecule has 2 atom stereocenters. The van der Waals surface area contributed by atoms with Gasteiger partial charge in [-0.1, -0.05) is 13.8 Å². The van der Waals surface area contributed by atoms with E-state index in [2.05, 4.69) is 15.3 Å². The quantitative estimate of drug-likeness (QED) is 0.739. The van der Waals surface area contributed by atoms with Gasteiger partial charge in [-0.15, -0.1) is 0 Å². The summed E-state index contributed by atoms with van der Waals surface area (Å²) in [5.74, 6) is -0.556. The van der Waals surface area contributed by atoms with Gasteiger partial charge in [-0.3, -0.25) is 5.32 Å². The van der Waals surface area contributed by atoms with Crippen LogP contribution in [0.1, 0.15) is 38.6 Å². The molecule has 0 amide bonds. The summed E-state index contributed by atoms with van der Waals surface area (Å²) in [4.78, 5) is 19.0. The number of nitrogens with zero attached hydrogens (tertiary/aromatic N) is 1. The predicted molar refractivity (Wildman–Crippen MR) is 63.7 cm³/mol. The van der Waals surface area contributed by atoms with Crippen LogP contribution in [0.2, 0.25) is 0 Å². The van der Waals surface area contributed by atoms with Crippen LogP contribution < -0.4 is 5.32 Å². The Morgan fingerprint density at radius 3 is 3.00 bits per heavy atom. The van der Waals surface area contributed by atoms with Crippen molar-refractivity contribution in [3.8, 4) is 0 Å². The Kier molecular flexibility index (Phi) is 2.95. The van der Waals surface area contributed by atoms with Gasteiger partial charge in [-0.05, 0) is 19.3 Å². The highest BCUT2D eigenvalue weighted by Crippen LogP contribution is 2.34. The van der Waals surface area contributed by atoms with Gasteiger partial charge in [0, 0.05) is 18.2 Å². The first kappa shape index (κ1) is 12.1. The third-order valence-corrected chi connectivity index (χ3v) is 3.21. The van der Waals surface area contributed by atoms with Crippen LogP contribution in [-0.4, -0.2) is 27.1 Å². The van der Waals surface area contributed by atoms with Crippen LogP contribution in [0.15, 0.2) is 6.33 Å². The number of aromatic amines is 1. The first-order chi connectivity index (χ1) is 7.95. The van der Waals surface area contributed by atoms with Gasteiger partial charge >= 0.3 is 5.97 Å². The number of hydrogen-bond acceptors (Lipinski definition) is 3. The topological polar surface area (TPSA) is 78.0 Å². The third kappa shape index (κ3) is 1.95. The van der Waals surface area contributed by atoms with Crippen LogP contribution in [0.3, 0.4) is 0 Å². The molecule has 0 radical (unpaired) electrons. The minimum absolute atomic E-state index is 0.137. The number of imidazole rings is 1. The van der Waals surface area contributed by atoms with Crippen molar-refractivity contribution in [2.75, 3.05) is 0 Å². The molecule has 0 fully saturated rings. The Hall–Kier alpha value is -1.36. The molecule has 17 heavy (non-hydrogen) atoms. The van der Waals surface area contributed by atoms with E-state index in [1.807, 2.05) is 20.8 Å². The standard InChI is InChI=1S/C12H19N3O2/c1-7(2)5-12(11(16)17)10-9(13-6-14-10)4-8(3)15-12/h6-8,15H,4-5H2,1-3H3,(H,13,14)(H,16,17)/t8-,12+/m1/s1. The van der Waals surface area contributed by atoms with E-state index >= 15 is 0 Å². The predicted octanol–water partition coefficient (Wildman–Crippen LogP) is 1.27. The Labute approximate surface area is 101 Å². The monoisotopic (exact) mass is 237 g/mol. The molecule has 5 nitrogen and oxygen atoms in total. The van der Waals surface area contributed by atoms with Gasteiger partial charge in [0.1, 0.15) is 0 Å². The van der Waals surface area contributed by atoms with E-state index in [4.69, 9.17) is 0 Å². The molecule has 5 heteroatoms. The summed E-state index contributed by atoms with van der Waals surface area (Å²) in [5.41, 5.74) is 0.553. The molecule has 2 rings (SSSR count). The number of carbonyl (C=O) groups is 1. The average Bonchev–Trinajstić information content (AvgIpc) is 2.64. The molecule has 0 spiro atoms. The Morgan fingerprint density at radius 2 is 2.41 bits per heavy atom. The van der Waals surface area contributed by atoms with E-state index in [0.29, 0.717) is 12.1 Å². The molecule has 94 valence electrons. The highest BCUT2D eigenvalue weighted by molar-refractivity contribution is 5.81. The van der Waals surface area contributed by atoms with Gasteiger partial charge in [0.15, 0.2) is 5.54 Å². The van der Waals surface area contributed by atoms with E-state index in [1.165, 1.54) is 0 Å². The number of hydrogen-bond donors (Lipinski definition) is 3. The highest BCUT2D eigenvalue weighted by atomic mass is 16.4. The normalized spacial score (nSPS) is 28.1. The molecule has 0 aliphatic carbocycles. The molecule has 0 unspecified atom stereocenters. The Balaban J connectivity index is 2.49. The van der Waals surface area contributed by atoms with Crippen molar-refractivity contribution in [1.82, 2.24) is 15.3 Å². The molecule has 0 saturated carbocycles. The maximum Gasteiger partial charge on any atom is 0.330 e. The van der Waals surface area contributed by atoms with Gasteiger partial charge in [-0.25, -0.2) is 9.78 Å². The average molecular weight is 237 g/mol. The largest absolute Gasteiger partial charge is 0.480 e. The lowest BCUT2D eigenvalue weighted by molar-refractivity contribution is -0.147. The van der Waals surface area contributed by atoms with Crippen molar-refractivity contribution >= 4 is 5.97 Å². The van der Waals surface area contributed by atoms with E-state index < -0.39 is 11.5 Å². The summed E-state index contributed by atoms with van der Waals surface area (Å²) in [7, 11) is 0. The Bertz CT molecular complexity index is 427. The lowest BCUT2D eigenvalue weighted by atomic mass is 9.80. The number of nitrogens with one attached hydrogen (secondary N) is 2. The van der Waals surface area contributed by atoms with Crippen molar-refractivity contribution in [3.63, 3.8) is 0 Å². The molecule has 0 aromatic carbocycles. The third-order valence-electron chi connectivity index (χ3n) is 3.21. The summed E-state index contributed by atoms with van der Waals surface area (Å²) in [6, 6.07) is 0.137. The van der Waals surface area contributed by atoms with E-state index in [1.54, 1.807) is 6.33 Å². The minimum Gasteiger partial charge on any atom is -0.480 e. The fourth-order valence-electron chi connectivity index (χ4n) is 2.71. The van der Waals surface area contributed by atoms with Gasteiger partial charge < -0.3 is 10.1 Å². The number of rotatable bonds is 3. The molecule has 1 aromatic heterocycles. The highest BCUT2D eigenvalue weighted by Gasteiger charge is 2.47. The molecule has 1 aliphatic rings. The van der Waals surface area contributed by atoms with E-state index in [-0.39, 0.29) is 12.0 Å².